The molecule has 0 radical (unpaired) electrons. The molecule has 0 N–H and O–H groups in total. The maximum atomic E-state index is 13.0. The smallest absolute Gasteiger partial charge is 0.261 e. The number of carbonyl (C=O) groups is 2. The van der Waals surface area contributed by atoms with E-state index in [1.165, 1.54) is 14.2 Å². The lowest BCUT2D eigenvalue weighted by Gasteiger charge is -2.35. The van der Waals surface area contributed by atoms with Crippen LogP contribution in [0.5, 0.6) is 17.2 Å². The first-order chi connectivity index (χ1) is 12.4. The van der Waals surface area contributed by atoms with Gasteiger partial charge in [0.15, 0.2) is 0 Å². The van der Waals surface area contributed by atoms with Gasteiger partial charge in [-0.3, -0.25) is 9.59 Å². The molecule has 2 amide bonds. The standard InChI is InChI=1S/C19H28N2O5/c1-13(2)10-17(22)20-6-8-21(9-7-20)19(23)18-15(25-4)11-14(24-3)12-16(18)26-5/h11-13H,6-10H2,1-5H3. The summed E-state index contributed by atoms with van der Waals surface area (Å²) in [5.41, 5.74) is 0.373. The van der Waals surface area contributed by atoms with Gasteiger partial charge in [0.05, 0.1) is 21.3 Å². The van der Waals surface area contributed by atoms with E-state index in [1.807, 2.05) is 18.7 Å². The first-order valence-corrected chi connectivity index (χ1v) is 8.78. The van der Waals surface area contributed by atoms with Gasteiger partial charge in [0, 0.05) is 44.7 Å². The van der Waals surface area contributed by atoms with Crippen molar-refractivity contribution >= 4 is 11.8 Å². The molecule has 7 nitrogen and oxygen atoms in total. The van der Waals surface area contributed by atoms with Crippen molar-refractivity contribution in [1.29, 1.82) is 0 Å². The summed E-state index contributed by atoms with van der Waals surface area (Å²) in [6, 6.07) is 3.33. The van der Waals surface area contributed by atoms with E-state index in [0.29, 0.717) is 61.3 Å². The largest absolute Gasteiger partial charge is 0.496 e. The van der Waals surface area contributed by atoms with Gasteiger partial charge in [-0.1, -0.05) is 13.8 Å². The van der Waals surface area contributed by atoms with Crippen LogP contribution in [0.25, 0.3) is 0 Å². The third-order valence-corrected chi connectivity index (χ3v) is 4.43. The third-order valence-electron chi connectivity index (χ3n) is 4.43. The van der Waals surface area contributed by atoms with Gasteiger partial charge in [-0.05, 0) is 5.92 Å². The third kappa shape index (κ3) is 4.39. The Bertz CT molecular complexity index is 626. The van der Waals surface area contributed by atoms with E-state index in [2.05, 4.69) is 0 Å². The van der Waals surface area contributed by atoms with Crippen LogP contribution in [0, 0.1) is 5.92 Å². The zero-order valence-electron chi connectivity index (χ0n) is 16.2. The van der Waals surface area contributed by atoms with Gasteiger partial charge in [-0.25, -0.2) is 0 Å². The van der Waals surface area contributed by atoms with E-state index < -0.39 is 0 Å². The second kappa shape index (κ2) is 8.78. The maximum absolute atomic E-state index is 13.0. The topological polar surface area (TPSA) is 68.3 Å². The van der Waals surface area contributed by atoms with Gasteiger partial charge in [0.2, 0.25) is 5.91 Å². The molecule has 0 bridgehead atoms. The summed E-state index contributed by atoms with van der Waals surface area (Å²) in [7, 11) is 4.56. The van der Waals surface area contributed by atoms with E-state index in [9.17, 15) is 9.59 Å². The summed E-state index contributed by atoms with van der Waals surface area (Å²) in [6.45, 7) is 6.11. The van der Waals surface area contributed by atoms with E-state index >= 15 is 0 Å². The van der Waals surface area contributed by atoms with Crippen LogP contribution in [0.2, 0.25) is 0 Å². The summed E-state index contributed by atoms with van der Waals surface area (Å²) >= 11 is 0. The number of piperazine rings is 1. The van der Waals surface area contributed by atoms with Crippen LogP contribution in [0.3, 0.4) is 0 Å². The summed E-state index contributed by atoms with van der Waals surface area (Å²) in [5.74, 6) is 1.67. The number of benzene rings is 1. The number of methoxy groups -OCH3 is 3. The molecule has 1 fully saturated rings. The lowest BCUT2D eigenvalue weighted by molar-refractivity contribution is -0.133. The van der Waals surface area contributed by atoms with Crippen LogP contribution in [0.4, 0.5) is 0 Å². The first-order valence-electron chi connectivity index (χ1n) is 8.78. The molecule has 1 aromatic carbocycles. The molecule has 7 heteroatoms. The average molecular weight is 364 g/mol. The Morgan fingerprint density at radius 2 is 1.42 bits per heavy atom. The van der Waals surface area contributed by atoms with Crippen molar-refractivity contribution in [2.45, 2.75) is 20.3 Å². The molecule has 0 aliphatic carbocycles. The van der Waals surface area contributed by atoms with Crippen LogP contribution >= 0.6 is 0 Å². The van der Waals surface area contributed by atoms with Crippen molar-refractivity contribution in [3.63, 3.8) is 0 Å². The van der Waals surface area contributed by atoms with E-state index in [-0.39, 0.29) is 11.8 Å². The van der Waals surface area contributed by atoms with Crippen molar-refractivity contribution in [2.24, 2.45) is 5.92 Å². The highest BCUT2D eigenvalue weighted by Crippen LogP contribution is 2.35. The molecule has 144 valence electrons. The number of ether oxygens (including phenoxy) is 3. The molecule has 0 atom stereocenters. The lowest BCUT2D eigenvalue weighted by atomic mass is 10.1. The van der Waals surface area contributed by atoms with Crippen LogP contribution < -0.4 is 14.2 Å². The van der Waals surface area contributed by atoms with Crippen molar-refractivity contribution in [1.82, 2.24) is 9.80 Å². The summed E-state index contributed by atoms with van der Waals surface area (Å²) < 4.78 is 16.0. The quantitative estimate of drug-likeness (QED) is 0.773. The van der Waals surface area contributed by atoms with Crippen molar-refractivity contribution < 1.29 is 23.8 Å². The number of amides is 2. The minimum Gasteiger partial charge on any atom is -0.496 e. The van der Waals surface area contributed by atoms with Crippen molar-refractivity contribution in [3.8, 4) is 17.2 Å². The van der Waals surface area contributed by atoms with Gasteiger partial charge in [-0.15, -0.1) is 0 Å². The highest BCUT2D eigenvalue weighted by molar-refractivity contribution is 6.00. The fourth-order valence-electron chi connectivity index (χ4n) is 3.01. The van der Waals surface area contributed by atoms with Crippen molar-refractivity contribution in [3.05, 3.63) is 17.7 Å². The Morgan fingerprint density at radius 1 is 0.923 bits per heavy atom. The fourth-order valence-corrected chi connectivity index (χ4v) is 3.01. The van der Waals surface area contributed by atoms with E-state index in [4.69, 9.17) is 14.2 Å². The number of carbonyl (C=O) groups excluding carboxylic acids is 2. The van der Waals surface area contributed by atoms with Crippen LogP contribution in [-0.4, -0.2) is 69.1 Å². The zero-order valence-corrected chi connectivity index (χ0v) is 16.2. The molecule has 0 unspecified atom stereocenters. The zero-order chi connectivity index (χ0) is 19.3. The van der Waals surface area contributed by atoms with E-state index in [1.54, 1.807) is 24.1 Å². The van der Waals surface area contributed by atoms with Gasteiger partial charge in [-0.2, -0.15) is 0 Å². The highest BCUT2D eigenvalue weighted by atomic mass is 16.5. The SMILES string of the molecule is COc1cc(OC)c(C(=O)N2CCN(C(=O)CC(C)C)CC2)c(OC)c1. The number of nitrogens with zero attached hydrogens (tertiary/aromatic N) is 2. The predicted molar refractivity (Wildman–Crippen MR) is 98.0 cm³/mol. The second-order valence-electron chi connectivity index (χ2n) is 6.68. The molecule has 26 heavy (non-hydrogen) atoms. The Balaban J connectivity index is 2.14. The van der Waals surface area contributed by atoms with Crippen molar-refractivity contribution in [2.75, 3.05) is 47.5 Å². The highest BCUT2D eigenvalue weighted by Gasteiger charge is 2.29. The molecule has 1 heterocycles. The molecule has 2 rings (SSSR count). The Morgan fingerprint density at radius 3 is 1.85 bits per heavy atom. The Hall–Kier alpha value is -2.44. The number of hydrogen-bond donors (Lipinski definition) is 0. The van der Waals surface area contributed by atoms with Crippen LogP contribution in [-0.2, 0) is 4.79 Å². The molecule has 1 saturated heterocycles. The predicted octanol–water partition coefficient (Wildman–Crippen LogP) is 2.04. The lowest BCUT2D eigenvalue weighted by Crippen LogP contribution is -2.50. The molecular formula is C19H28N2O5. The number of rotatable bonds is 6. The maximum Gasteiger partial charge on any atom is 0.261 e. The van der Waals surface area contributed by atoms with Gasteiger partial charge >= 0.3 is 0 Å². The fraction of sp³-hybridized carbons (Fsp3) is 0.579. The molecule has 0 spiro atoms. The second-order valence-corrected chi connectivity index (χ2v) is 6.68. The van der Waals surface area contributed by atoms with Gasteiger partial charge in [0.1, 0.15) is 22.8 Å². The average Bonchev–Trinajstić information content (AvgIpc) is 2.65. The normalized spacial score (nSPS) is 14.4. The van der Waals surface area contributed by atoms with Gasteiger partial charge in [0.25, 0.3) is 5.91 Å². The summed E-state index contributed by atoms with van der Waals surface area (Å²) in [4.78, 5) is 28.8. The molecular weight excluding hydrogens is 336 g/mol. The minimum atomic E-state index is -0.169. The molecule has 1 aromatic rings. The number of hydrogen-bond acceptors (Lipinski definition) is 5. The molecule has 0 saturated carbocycles. The minimum absolute atomic E-state index is 0.145. The van der Waals surface area contributed by atoms with E-state index in [0.717, 1.165) is 0 Å². The van der Waals surface area contributed by atoms with Crippen LogP contribution in [0.15, 0.2) is 12.1 Å². The summed E-state index contributed by atoms with van der Waals surface area (Å²) in [6.07, 6.45) is 0.536. The first kappa shape index (κ1) is 19.9. The van der Waals surface area contributed by atoms with Crippen LogP contribution in [0.1, 0.15) is 30.6 Å². The Kier molecular flexibility index (Phi) is 6.71. The monoisotopic (exact) mass is 364 g/mol. The summed E-state index contributed by atoms with van der Waals surface area (Å²) in [5, 5.41) is 0. The molecule has 1 aliphatic heterocycles. The molecule has 1 aliphatic rings. The van der Waals surface area contributed by atoms with Gasteiger partial charge < -0.3 is 24.0 Å². The Labute approximate surface area is 154 Å². The molecule has 0 aromatic heterocycles.